The SMILES string of the molecule is CCOC(=O)c1ccnc(NC2CCCC2(C)C)c1N. The van der Waals surface area contributed by atoms with Crippen molar-refractivity contribution < 1.29 is 9.53 Å². The molecule has 2 rings (SSSR count). The molecule has 0 aromatic carbocycles. The molecular formula is C15H23N3O2. The summed E-state index contributed by atoms with van der Waals surface area (Å²) in [6, 6.07) is 1.92. The number of nitrogens with two attached hydrogens (primary N) is 1. The second-order valence-electron chi connectivity index (χ2n) is 5.92. The van der Waals surface area contributed by atoms with Crippen molar-refractivity contribution in [3.63, 3.8) is 0 Å². The number of carbonyl (C=O) groups excluding carboxylic acids is 1. The van der Waals surface area contributed by atoms with Gasteiger partial charge in [-0.25, -0.2) is 9.78 Å². The summed E-state index contributed by atoms with van der Waals surface area (Å²) in [5.74, 6) is 0.177. The lowest BCUT2D eigenvalue weighted by atomic mass is 9.87. The zero-order valence-corrected chi connectivity index (χ0v) is 12.4. The van der Waals surface area contributed by atoms with Crippen LogP contribution in [0.3, 0.4) is 0 Å². The molecule has 20 heavy (non-hydrogen) atoms. The van der Waals surface area contributed by atoms with E-state index in [1.165, 1.54) is 12.8 Å². The van der Waals surface area contributed by atoms with Crippen LogP contribution in [0.1, 0.15) is 50.4 Å². The Labute approximate surface area is 119 Å². The first kappa shape index (κ1) is 14.6. The Morgan fingerprint density at radius 2 is 2.35 bits per heavy atom. The van der Waals surface area contributed by atoms with Gasteiger partial charge >= 0.3 is 5.97 Å². The number of rotatable bonds is 4. The Morgan fingerprint density at radius 3 is 2.95 bits per heavy atom. The molecule has 0 bridgehead atoms. The fraction of sp³-hybridized carbons (Fsp3) is 0.600. The summed E-state index contributed by atoms with van der Waals surface area (Å²) in [6.07, 6.45) is 5.06. The van der Waals surface area contributed by atoms with Gasteiger partial charge in [0.15, 0.2) is 0 Å². The molecule has 0 saturated heterocycles. The highest BCUT2D eigenvalue weighted by atomic mass is 16.5. The van der Waals surface area contributed by atoms with Crippen molar-refractivity contribution in [2.24, 2.45) is 5.41 Å². The molecule has 1 fully saturated rings. The summed E-state index contributed by atoms with van der Waals surface area (Å²) < 4.78 is 5.00. The predicted octanol–water partition coefficient (Wildman–Crippen LogP) is 2.83. The fourth-order valence-electron chi connectivity index (χ4n) is 2.73. The van der Waals surface area contributed by atoms with Gasteiger partial charge in [0, 0.05) is 12.2 Å². The summed E-state index contributed by atoms with van der Waals surface area (Å²) in [5.41, 5.74) is 7.02. The predicted molar refractivity (Wildman–Crippen MR) is 79.6 cm³/mol. The van der Waals surface area contributed by atoms with Crippen LogP contribution in [0.2, 0.25) is 0 Å². The number of anilines is 2. The number of nitrogens with zero attached hydrogens (tertiary/aromatic N) is 1. The average molecular weight is 277 g/mol. The highest BCUT2D eigenvalue weighted by Crippen LogP contribution is 2.39. The normalized spacial score (nSPS) is 20.6. The second-order valence-corrected chi connectivity index (χ2v) is 5.92. The summed E-state index contributed by atoms with van der Waals surface area (Å²) in [4.78, 5) is 16.1. The smallest absolute Gasteiger partial charge is 0.340 e. The van der Waals surface area contributed by atoms with E-state index in [2.05, 4.69) is 24.1 Å². The summed E-state index contributed by atoms with van der Waals surface area (Å²) >= 11 is 0. The molecular weight excluding hydrogens is 254 g/mol. The van der Waals surface area contributed by atoms with Crippen molar-refractivity contribution >= 4 is 17.5 Å². The number of esters is 1. The van der Waals surface area contributed by atoms with Crippen LogP contribution in [0.5, 0.6) is 0 Å². The molecule has 1 unspecified atom stereocenters. The molecule has 5 heteroatoms. The van der Waals surface area contributed by atoms with Crippen LogP contribution >= 0.6 is 0 Å². The number of nitrogen functional groups attached to an aromatic ring is 1. The van der Waals surface area contributed by atoms with Crippen LogP contribution in [-0.4, -0.2) is 23.6 Å². The van der Waals surface area contributed by atoms with Gasteiger partial charge in [0.25, 0.3) is 0 Å². The van der Waals surface area contributed by atoms with Gasteiger partial charge in [-0.05, 0) is 31.2 Å². The average Bonchev–Trinajstić information content (AvgIpc) is 2.71. The first-order valence-corrected chi connectivity index (χ1v) is 7.14. The van der Waals surface area contributed by atoms with Gasteiger partial charge in [-0.1, -0.05) is 20.3 Å². The molecule has 110 valence electrons. The minimum atomic E-state index is -0.402. The maximum Gasteiger partial charge on any atom is 0.340 e. The van der Waals surface area contributed by atoms with Gasteiger partial charge in [-0.3, -0.25) is 0 Å². The standard InChI is InChI=1S/C15H23N3O2/c1-4-20-14(19)10-7-9-17-13(12(10)16)18-11-6-5-8-15(11,2)3/h7,9,11H,4-6,8,16H2,1-3H3,(H,17,18). The van der Waals surface area contributed by atoms with Crippen LogP contribution in [0.4, 0.5) is 11.5 Å². The van der Waals surface area contributed by atoms with E-state index < -0.39 is 5.97 Å². The fourth-order valence-corrected chi connectivity index (χ4v) is 2.73. The van der Waals surface area contributed by atoms with Gasteiger partial charge in [0.1, 0.15) is 5.82 Å². The Kier molecular flexibility index (Phi) is 4.16. The van der Waals surface area contributed by atoms with Crippen molar-refractivity contribution in [2.75, 3.05) is 17.7 Å². The van der Waals surface area contributed by atoms with E-state index in [9.17, 15) is 4.79 Å². The molecule has 0 spiro atoms. The number of hydrogen-bond donors (Lipinski definition) is 2. The number of ether oxygens (including phenoxy) is 1. The molecule has 1 aliphatic carbocycles. The van der Waals surface area contributed by atoms with Gasteiger partial charge in [0.2, 0.25) is 0 Å². The number of hydrogen-bond acceptors (Lipinski definition) is 5. The van der Waals surface area contributed by atoms with E-state index in [-0.39, 0.29) is 5.41 Å². The first-order chi connectivity index (χ1) is 9.45. The maximum atomic E-state index is 11.8. The van der Waals surface area contributed by atoms with E-state index in [1.807, 2.05) is 0 Å². The topological polar surface area (TPSA) is 77.2 Å². The molecule has 1 saturated carbocycles. The summed E-state index contributed by atoms with van der Waals surface area (Å²) in [5, 5.41) is 3.39. The molecule has 0 amide bonds. The van der Waals surface area contributed by atoms with Crippen LogP contribution in [0.25, 0.3) is 0 Å². The van der Waals surface area contributed by atoms with Crippen LogP contribution in [-0.2, 0) is 4.74 Å². The molecule has 1 aromatic heterocycles. The number of carbonyl (C=O) groups is 1. The summed E-state index contributed by atoms with van der Waals surface area (Å²) in [7, 11) is 0. The van der Waals surface area contributed by atoms with Gasteiger partial charge in [-0.15, -0.1) is 0 Å². The third-order valence-corrected chi connectivity index (χ3v) is 4.05. The molecule has 1 heterocycles. The van der Waals surface area contributed by atoms with E-state index in [4.69, 9.17) is 10.5 Å². The van der Waals surface area contributed by atoms with E-state index in [0.717, 1.165) is 6.42 Å². The minimum Gasteiger partial charge on any atom is -0.462 e. The van der Waals surface area contributed by atoms with Crippen molar-refractivity contribution in [1.29, 1.82) is 0 Å². The third kappa shape index (κ3) is 2.86. The number of aromatic nitrogens is 1. The quantitative estimate of drug-likeness (QED) is 0.827. The van der Waals surface area contributed by atoms with Gasteiger partial charge in [0.05, 0.1) is 17.9 Å². The van der Waals surface area contributed by atoms with Gasteiger partial charge < -0.3 is 15.8 Å². The molecule has 5 nitrogen and oxygen atoms in total. The number of nitrogens with one attached hydrogen (secondary N) is 1. The molecule has 1 aliphatic rings. The van der Waals surface area contributed by atoms with Crippen LogP contribution in [0.15, 0.2) is 12.3 Å². The molecule has 3 N–H and O–H groups in total. The largest absolute Gasteiger partial charge is 0.462 e. The second kappa shape index (κ2) is 5.69. The Morgan fingerprint density at radius 1 is 1.60 bits per heavy atom. The maximum absolute atomic E-state index is 11.8. The van der Waals surface area contributed by atoms with Gasteiger partial charge in [-0.2, -0.15) is 0 Å². The van der Waals surface area contributed by atoms with Crippen molar-refractivity contribution in [1.82, 2.24) is 4.98 Å². The molecule has 0 radical (unpaired) electrons. The van der Waals surface area contributed by atoms with Crippen LogP contribution in [0, 0.1) is 5.41 Å². The Bertz CT molecular complexity index is 500. The Balaban J connectivity index is 2.21. The number of pyridine rings is 1. The first-order valence-electron chi connectivity index (χ1n) is 7.14. The van der Waals surface area contributed by atoms with E-state index in [0.29, 0.717) is 29.7 Å². The monoisotopic (exact) mass is 277 g/mol. The van der Waals surface area contributed by atoms with Crippen molar-refractivity contribution in [2.45, 2.75) is 46.1 Å². The lowest BCUT2D eigenvalue weighted by Crippen LogP contribution is -2.31. The van der Waals surface area contributed by atoms with Crippen LogP contribution < -0.4 is 11.1 Å². The lowest BCUT2D eigenvalue weighted by molar-refractivity contribution is 0.0527. The van der Waals surface area contributed by atoms with E-state index in [1.54, 1.807) is 19.2 Å². The highest BCUT2D eigenvalue weighted by Gasteiger charge is 2.35. The van der Waals surface area contributed by atoms with Crippen molar-refractivity contribution in [3.8, 4) is 0 Å². The highest BCUT2D eigenvalue weighted by molar-refractivity contribution is 5.97. The van der Waals surface area contributed by atoms with Crippen molar-refractivity contribution in [3.05, 3.63) is 17.8 Å². The summed E-state index contributed by atoms with van der Waals surface area (Å²) in [6.45, 7) is 6.58. The molecule has 1 aromatic rings. The van der Waals surface area contributed by atoms with E-state index >= 15 is 0 Å². The molecule has 1 atom stereocenters. The zero-order valence-electron chi connectivity index (χ0n) is 12.4. The zero-order chi connectivity index (χ0) is 14.8. The lowest BCUT2D eigenvalue weighted by Gasteiger charge is -2.28. The Hall–Kier alpha value is -1.78. The third-order valence-electron chi connectivity index (χ3n) is 4.05. The minimum absolute atomic E-state index is 0.216. The molecule has 0 aliphatic heterocycles.